The van der Waals surface area contributed by atoms with Gasteiger partial charge in [-0.15, -0.1) is 0 Å². The molecule has 0 saturated heterocycles. The molecule has 2 rings (SSSR count). The molecule has 6 heteroatoms. The summed E-state index contributed by atoms with van der Waals surface area (Å²) in [5.41, 5.74) is 1.06. The monoisotopic (exact) mass is 344 g/mol. The summed E-state index contributed by atoms with van der Waals surface area (Å²) in [6.07, 6.45) is 0. The van der Waals surface area contributed by atoms with Crippen LogP contribution in [0.25, 0.3) is 0 Å². The first kappa shape index (κ1) is 18.4. The van der Waals surface area contributed by atoms with E-state index in [1.807, 2.05) is 13.8 Å². The Balaban J connectivity index is 1.99. The number of carbonyl (C=O) groups is 2. The van der Waals surface area contributed by atoms with Crippen molar-refractivity contribution >= 4 is 17.7 Å². The maximum Gasteiger partial charge on any atom is 0.338 e. The van der Waals surface area contributed by atoms with Crippen molar-refractivity contribution in [2.24, 2.45) is 0 Å². The Kier molecular flexibility index (Phi) is 5.75. The Hall–Kier alpha value is -2.89. The minimum absolute atomic E-state index is 0.305. The molecule has 0 aliphatic heterocycles. The minimum atomic E-state index is -0.678. The van der Waals surface area contributed by atoms with Crippen molar-refractivity contribution in [2.75, 3.05) is 11.9 Å². The number of ether oxygens (including phenoxy) is 1. The lowest BCUT2D eigenvalue weighted by Crippen LogP contribution is -2.43. The lowest BCUT2D eigenvalue weighted by Gasteiger charge is -2.27. The van der Waals surface area contributed by atoms with Gasteiger partial charge < -0.3 is 15.4 Å². The van der Waals surface area contributed by atoms with E-state index in [2.05, 4.69) is 10.6 Å². The molecule has 2 aromatic rings. The van der Waals surface area contributed by atoms with E-state index in [4.69, 9.17) is 4.74 Å². The molecule has 5 nitrogen and oxygen atoms in total. The highest BCUT2D eigenvalue weighted by Crippen LogP contribution is 2.20. The topological polar surface area (TPSA) is 67.4 Å². The highest BCUT2D eigenvalue weighted by atomic mass is 19.1. The molecule has 0 atom stereocenters. The maximum atomic E-state index is 13.0. The summed E-state index contributed by atoms with van der Waals surface area (Å²) >= 11 is 0. The number of benzene rings is 2. The molecule has 0 unspecified atom stereocenters. The Morgan fingerprint density at radius 1 is 1.04 bits per heavy atom. The molecule has 0 saturated carbocycles. The number of esters is 1. The molecule has 25 heavy (non-hydrogen) atoms. The molecule has 0 bridgehead atoms. The van der Waals surface area contributed by atoms with Gasteiger partial charge in [-0.2, -0.15) is 0 Å². The van der Waals surface area contributed by atoms with Gasteiger partial charge in [-0.25, -0.2) is 14.0 Å². The summed E-state index contributed by atoms with van der Waals surface area (Å²) in [5.74, 6) is -0.735. The highest BCUT2D eigenvalue weighted by molar-refractivity contribution is 5.92. The molecule has 0 fully saturated rings. The summed E-state index contributed by atoms with van der Waals surface area (Å²) < 4.78 is 17.9. The van der Waals surface area contributed by atoms with Gasteiger partial charge in [0.05, 0.1) is 17.7 Å². The first-order valence-electron chi connectivity index (χ1n) is 7.94. The van der Waals surface area contributed by atoms with Gasteiger partial charge >= 0.3 is 12.0 Å². The van der Waals surface area contributed by atoms with Crippen molar-refractivity contribution in [1.82, 2.24) is 5.32 Å². The number of nitrogens with one attached hydrogen (secondary N) is 2. The van der Waals surface area contributed by atoms with Crippen molar-refractivity contribution in [2.45, 2.75) is 26.3 Å². The zero-order chi connectivity index (χ0) is 18.4. The van der Waals surface area contributed by atoms with E-state index >= 15 is 0 Å². The SMILES string of the molecule is CCOC(=O)c1ccc(NC(=O)NC(C)(C)c2ccc(F)cc2)cc1. The quantitative estimate of drug-likeness (QED) is 0.804. The van der Waals surface area contributed by atoms with Crippen LogP contribution in [-0.4, -0.2) is 18.6 Å². The molecule has 0 heterocycles. The molecular formula is C19H21FN2O3. The average molecular weight is 344 g/mol. The Bertz CT molecular complexity index is 740. The zero-order valence-electron chi connectivity index (χ0n) is 14.4. The number of hydrogen-bond donors (Lipinski definition) is 2. The van der Waals surface area contributed by atoms with Crippen LogP contribution in [-0.2, 0) is 10.3 Å². The average Bonchev–Trinajstić information content (AvgIpc) is 2.55. The lowest BCUT2D eigenvalue weighted by molar-refractivity contribution is 0.0526. The van der Waals surface area contributed by atoms with Crippen LogP contribution in [0.15, 0.2) is 48.5 Å². The molecule has 0 aliphatic carbocycles. The minimum Gasteiger partial charge on any atom is -0.462 e. The van der Waals surface area contributed by atoms with E-state index in [0.29, 0.717) is 17.9 Å². The van der Waals surface area contributed by atoms with Crippen molar-refractivity contribution in [3.8, 4) is 0 Å². The fourth-order valence-electron chi connectivity index (χ4n) is 2.29. The van der Waals surface area contributed by atoms with Crippen molar-refractivity contribution in [1.29, 1.82) is 0 Å². The predicted molar refractivity (Wildman–Crippen MR) is 94.0 cm³/mol. The summed E-state index contributed by atoms with van der Waals surface area (Å²) in [6, 6.07) is 12.0. The Labute approximate surface area is 146 Å². The van der Waals surface area contributed by atoms with E-state index in [1.54, 1.807) is 43.3 Å². The Morgan fingerprint density at radius 3 is 2.20 bits per heavy atom. The molecule has 2 amide bonds. The van der Waals surface area contributed by atoms with Gasteiger partial charge in [0.15, 0.2) is 0 Å². The number of anilines is 1. The van der Waals surface area contributed by atoms with Crippen molar-refractivity contribution in [3.63, 3.8) is 0 Å². The molecule has 0 aliphatic rings. The summed E-state index contributed by atoms with van der Waals surface area (Å²) in [7, 11) is 0. The van der Waals surface area contributed by atoms with Gasteiger partial charge in [-0.1, -0.05) is 12.1 Å². The number of urea groups is 1. The van der Waals surface area contributed by atoms with Gasteiger partial charge in [-0.3, -0.25) is 0 Å². The van der Waals surface area contributed by atoms with Crippen LogP contribution < -0.4 is 10.6 Å². The second-order valence-electron chi connectivity index (χ2n) is 6.01. The van der Waals surface area contributed by atoms with E-state index in [1.165, 1.54) is 12.1 Å². The molecular weight excluding hydrogens is 323 g/mol. The van der Waals surface area contributed by atoms with Gasteiger partial charge in [0.25, 0.3) is 0 Å². The van der Waals surface area contributed by atoms with Gasteiger partial charge in [-0.05, 0) is 62.7 Å². The fourth-order valence-corrected chi connectivity index (χ4v) is 2.29. The van der Waals surface area contributed by atoms with E-state index < -0.39 is 17.5 Å². The van der Waals surface area contributed by atoms with Gasteiger partial charge in [0.2, 0.25) is 0 Å². The molecule has 0 aromatic heterocycles. The third-order valence-electron chi connectivity index (χ3n) is 3.65. The van der Waals surface area contributed by atoms with Crippen LogP contribution in [0.4, 0.5) is 14.9 Å². The van der Waals surface area contributed by atoms with Crippen LogP contribution in [0.5, 0.6) is 0 Å². The van der Waals surface area contributed by atoms with E-state index in [-0.39, 0.29) is 5.82 Å². The standard InChI is InChI=1S/C19H21FN2O3/c1-4-25-17(23)13-5-11-16(12-6-13)21-18(24)22-19(2,3)14-7-9-15(20)10-8-14/h5-12H,4H2,1-3H3,(H2,21,22,24). The summed E-state index contributed by atoms with van der Waals surface area (Å²) in [5, 5.41) is 5.54. The second kappa shape index (κ2) is 7.79. The number of hydrogen-bond acceptors (Lipinski definition) is 3. The van der Waals surface area contributed by atoms with Crippen LogP contribution in [0.1, 0.15) is 36.7 Å². The first-order valence-corrected chi connectivity index (χ1v) is 7.94. The number of halogens is 1. The number of carbonyl (C=O) groups excluding carboxylic acids is 2. The lowest BCUT2D eigenvalue weighted by atomic mass is 9.94. The van der Waals surface area contributed by atoms with Crippen LogP contribution >= 0.6 is 0 Å². The molecule has 2 aromatic carbocycles. The summed E-state index contributed by atoms with van der Waals surface area (Å²) in [4.78, 5) is 23.8. The first-order chi connectivity index (χ1) is 11.8. The van der Waals surface area contributed by atoms with Gasteiger partial charge in [0, 0.05) is 5.69 Å². The van der Waals surface area contributed by atoms with Crippen molar-refractivity contribution in [3.05, 3.63) is 65.5 Å². The number of amides is 2. The maximum absolute atomic E-state index is 13.0. The van der Waals surface area contributed by atoms with E-state index in [0.717, 1.165) is 5.56 Å². The van der Waals surface area contributed by atoms with Crippen LogP contribution in [0.3, 0.4) is 0 Å². The third-order valence-corrected chi connectivity index (χ3v) is 3.65. The van der Waals surface area contributed by atoms with Crippen LogP contribution in [0.2, 0.25) is 0 Å². The molecule has 2 N–H and O–H groups in total. The van der Waals surface area contributed by atoms with Crippen LogP contribution in [0, 0.1) is 5.82 Å². The summed E-state index contributed by atoms with van der Waals surface area (Å²) in [6.45, 7) is 5.69. The smallest absolute Gasteiger partial charge is 0.338 e. The normalized spacial score (nSPS) is 10.9. The molecule has 0 radical (unpaired) electrons. The predicted octanol–water partition coefficient (Wildman–Crippen LogP) is 4.06. The number of rotatable bonds is 5. The van der Waals surface area contributed by atoms with Crippen molar-refractivity contribution < 1.29 is 18.7 Å². The fraction of sp³-hybridized carbons (Fsp3) is 0.263. The second-order valence-corrected chi connectivity index (χ2v) is 6.01. The zero-order valence-corrected chi connectivity index (χ0v) is 14.4. The largest absolute Gasteiger partial charge is 0.462 e. The van der Waals surface area contributed by atoms with Gasteiger partial charge in [0.1, 0.15) is 5.82 Å². The molecule has 0 spiro atoms. The Morgan fingerprint density at radius 2 is 1.64 bits per heavy atom. The van der Waals surface area contributed by atoms with E-state index in [9.17, 15) is 14.0 Å². The third kappa shape index (κ3) is 5.04. The highest BCUT2D eigenvalue weighted by Gasteiger charge is 2.22. The molecule has 132 valence electrons.